The maximum atomic E-state index is 13.9. The number of alkyl halides is 2. The highest BCUT2D eigenvalue weighted by Gasteiger charge is 2.25. The van der Waals surface area contributed by atoms with Gasteiger partial charge in [0.05, 0.1) is 0 Å². The van der Waals surface area contributed by atoms with Crippen molar-refractivity contribution in [3.63, 3.8) is 0 Å². The molecule has 2 rings (SSSR count). The van der Waals surface area contributed by atoms with E-state index in [0.717, 1.165) is 50.7 Å². The summed E-state index contributed by atoms with van der Waals surface area (Å²) in [5.41, 5.74) is 0.543. The topological polar surface area (TPSA) is 9.23 Å². The van der Waals surface area contributed by atoms with Crippen molar-refractivity contribution in [2.24, 2.45) is 5.92 Å². The number of allylic oxidation sites excluding steroid dienone is 2. The van der Waals surface area contributed by atoms with E-state index in [1.165, 1.54) is 12.8 Å². The van der Waals surface area contributed by atoms with Crippen LogP contribution in [0.1, 0.15) is 69.8 Å². The molecule has 1 aliphatic carbocycles. The third kappa shape index (κ3) is 6.05. The van der Waals surface area contributed by atoms with Crippen molar-refractivity contribution >= 4 is 0 Å². The molecule has 0 amide bonds. The largest absolute Gasteiger partial charge is 0.429 e. The first-order chi connectivity index (χ1) is 12.0. The first-order valence-electron chi connectivity index (χ1n) is 9.10. The van der Waals surface area contributed by atoms with Crippen molar-refractivity contribution < 1.29 is 22.3 Å². The standard InChI is InChI=1S/C20H26F4O/c1-2-3-4-5-6-7-14-8-10-15(11-9-14)16-12-17(21)19(18(22)13-16)25-20(23)24/h3-4,12-15,20H,2,5-11H2,1H3. The maximum absolute atomic E-state index is 13.9. The van der Waals surface area contributed by atoms with Gasteiger partial charge in [-0.25, -0.2) is 8.78 Å². The van der Waals surface area contributed by atoms with Gasteiger partial charge in [-0.1, -0.05) is 25.5 Å². The maximum Gasteiger partial charge on any atom is 0.387 e. The van der Waals surface area contributed by atoms with Crippen LogP contribution in [-0.4, -0.2) is 6.61 Å². The Morgan fingerprint density at radius 1 is 1.08 bits per heavy atom. The average molecular weight is 358 g/mol. The Balaban J connectivity index is 1.87. The zero-order chi connectivity index (χ0) is 18.2. The molecule has 0 spiro atoms. The van der Waals surface area contributed by atoms with Crippen LogP contribution in [-0.2, 0) is 0 Å². The highest BCUT2D eigenvalue weighted by Crippen LogP contribution is 2.39. The van der Waals surface area contributed by atoms with Gasteiger partial charge in [0, 0.05) is 0 Å². The number of hydrogen-bond donors (Lipinski definition) is 0. The van der Waals surface area contributed by atoms with Gasteiger partial charge >= 0.3 is 6.61 Å². The van der Waals surface area contributed by atoms with Crippen molar-refractivity contribution in [2.75, 3.05) is 0 Å². The quantitative estimate of drug-likeness (QED) is 0.277. The third-order valence-electron chi connectivity index (χ3n) is 4.93. The Hall–Kier alpha value is -1.52. The van der Waals surface area contributed by atoms with Crippen molar-refractivity contribution in [1.82, 2.24) is 0 Å². The molecule has 0 atom stereocenters. The molecule has 0 aromatic heterocycles. The van der Waals surface area contributed by atoms with Crippen LogP contribution < -0.4 is 4.74 Å². The van der Waals surface area contributed by atoms with Gasteiger partial charge in [-0.15, -0.1) is 0 Å². The summed E-state index contributed by atoms with van der Waals surface area (Å²) < 4.78 is 56.0. The van der Waals surface area contributed by atoms with E-state index >= 15 is 0 Å². The molecule has 0 unspecified atom stereocenters. The molecule has 0 bridgehead atoms. The summed E-state index contributed by atoms with van der Waals surface area (Å²) in [5, 5.41) is 0. The number of rotatable bonds is 8. The Labute approximate surface area is 147 Å². The molecule has 1 aromatic rings. The van der Waals surface area contributed by atoms with E-state index in [4.69, 9.17) is 0 Å². The lowest BCUT2D eigenvalue weighted by molar-refractivity contribution is -0.0546. The van der Waals surface area contributed by atoms with Gasteiger partial charge in [-0.05, 0) is 74.5 Å². The SMILES string of the molecule is CCC=CCCCC1CCC(c2cc(F)c(OC(F)F)c(F)c2)CC1. The van der Waals surface area contributed by atoms with E-state index in [0.29, 0.717) is 11.5 Å². The second-order valence-electron chi connectivity index (χ2n) is 6.72. The fraction of sp³-hybridized carbons (Fsp3) is 0.600. The molecule has 5 heteroatoms. The number of halogens is 4. The van der Waals surface area contributed by atoms with Crippen LogP contribution in [0.3, 0.4) is 0 Å². The second-order valence-corrected chi connectivity index (χ2v) is 6.72. The molecule has 1 saturated carbocycles. The number of benzene rings is 1. The fourth-order valence-corrected chi connectivity index (χ4v) is 3.61. The van der Waals surface area contributed by atoms with Crippen LogP contribution in [0.5, 0.6) is 5.75 Å². The molecule has 0 aliphatic heterocycles. The first kappa shape index (κ1) is 19.8. The van der Waals surface area contributed by atoms with E-state index in [1.807, 2.05) is 0 Å². The van der Waals surface area contributed by atoms with E-state index < -0.39 is 24.0 Å². The average Bonchev–Trinajstić information content (AvgIpc) is 2.58. The molecule has 0 saturated heterocycles. The van der Waals surface area contributed by atoms with Crippen LogP contribution in [0, 0.1) is 17.6 Å². The lowest BCUT2D eigenvalue weighted by atomic mass is 9.77. The van der Waals surface area contributed by atoms with Crippen molar-refractivity contribution in [3.05, 3.63) is 41.5 Å². The molecule has 1 nitrogen and oxygen atoms in total. The Kier molecular flexibility index (Phi) is 7.79. The van der Waals surface area contributed by atoms with E-state index in [2.05, 4.69) is 23.8 Å². The smallest absolute Gasteiger partial charge is 0.387 e. The molecule has 25 heavy (non-hydrogen) atoms. The normalized spacial score (nSPS) is 21.2. The van der Waals surface area contributed by atoms with Crippen LogP contribution in [0.15, 0.2) is 24.3 Å². The van der Waals surface area contributed by atoms with E-state index in [1.54, 1.807) is 0 Å². The van der Waals surface area contributed by atoms with Gasteiger partial charge in [0.15, 0.2) is 17.4 Å². The highest BCUT2D eigenvalue weighted by molar-refractivity contribution is 5.33. The lowest BCUT2D eigenvalue weighted by Gasteiger charge is -2.29. The number of hydrogen-bond acceptors (Lipinski definition) is 1. The minimum absolute atomic E-state index is 0.0841. The summed E-state index contributed by atoms with van der Waals surface area (Å²) in [7, 11) is 0. The van der Waals surface area contributed by atoms with Gasteiger partial charge < -0.3 is 4.74 Å². The second kappa shape index (κ2) is 9.83. The van der Waals surface area contributed by atoms with Crippen LogP contribution in [0.25, 0.3) is 0 Å². The first-order valence-corrected chi connectivity index (χ1v) is 9.10. The van der Waals surface area contributed by atoms with E-state index in [-0.39, 0.29) is 5.92 Å². The zero-order valence-electron chi connectivity index (χ0n) is 14.6. The van der Waals surface area contributed by atoms with Crippen LogP contribution in [0.2, 0.25) is 0 Å². The third-order valence-corrected chi connectivity index (χ3v) is 4.93. The molecule has 0 N–H and O–H groups in total. The predicted molar refractivity (Wildman–Crippen MR) is 91.0 cm³/mol. The van der Waals surface area contributed by atoms with E-state index in [9.17, 15) is 17.6 Å². The van der Waals surface area contributed by atoms with Crippen molar-refractivity contribution in [2.45, 2.75) is 70.8 Å². The fourth-order valence-electron chi connectivity index (χ4n) is 3.61. The summed E-state index contributed by atoms with van der Waals surface area (Å²) in [6.45, 7) is -1.12. The van der Waals surface area contributed by atoms with Gasteiger partial charge in [0.1, 0.15) is 0 Å². The summed E-state index contributed by atoms with van der Waals surface area (Å²) in [6, 6.07) is 2.28. The van der Waals surface area contributed by atoms with Gasteiger partial charge in [-0.3, -0.25) is 0 Å². The minimum Gasteiger partial charge on any atom is -0.429 e. The molecule has 0 radical (unpaired) electrons. The van der Waals surface area contributed by atoms with Gasteiger partial charge in [-0.2, -0.15) is 8.78 Å². The summed E-state index contributed by atoms with van der Waals surface area (Å²) in [4.78, 5) is 0. The van der Waals surface area contributed by atoms with Crippen molar-refractivity contribution in [1.29, 1.82) is 0 Å². The Bertz CT molecular complexity index is 540. The molecule has 1 aliphatic rings. The van der Waals surface area contributed by atoms with Gasteiger partial charge in [0.2, 0.25) is 0 Å². The number of unbranched alkanes of at least 4 members (excludes halogenated alkanes) is 1. The molecular weight excluding hydrogens is 332 g/mol. The van der Waals surface area contributed by atoms with Crippen molar-refractivity contribution in [3.8, 4) is 5.75 Å². The Morgan fingerprint density at radius 3 is 2.28 bits per heavy atom. The summed E-state index contributed by atoms with van der Waals surface area (Å²) >= 11 is 0. The van der Waals surface area contributed by atoms with Crippen LogP contribution >= 0.6 is 0 Å². The Morgan fingerprint density at radius 2 is 1.72 bits per heavy atom. The minimum atomic E-state index is -3.24. The summed E-state index contributed by atoms with van der Waals surface area (Å²) in [5.74, 6) is -2.35. The zero-order valence-corrected chi connectivity index (χ0v) is 14.6. The number of ether oxygens (including phenoxy) is 1. The molecule has 1 aromatic carbocycles. The molecule has 140 valence electrons. The lowest BCUT2D eigenvalue weighted by Crippen LogP contribution is -2.14. The molecular formula is C20H26F4O. The van der Waals surface area contributed by atoms with Gasteiger partial charge in [0.25, 0.3) is 0 Å². The summed E-state index contributed by atoms with van der Waals surface area (Å²) in [6.07, 6.45) is 12.8. The van der Waals surface area contributed by atoms with Crippen LogP contribution in [0.4, 0.5) is 17.6 Å². The monoisotopic (exact) mass is 358 g/mol. The predicted octanol–water partition coefficient (Wildman–Crippen LogP) is 6.98. The highest BCUT2D eigenvalue weighted by atomic mass is 19.3. The molecule has 1 fully saturated rings. The molecule has 0 heterocycles.